The second-order valence-electron chi connectivity index (χ2n) is 10.1. The van der Waals surface area contributed by atoms with Gasteiger partial charge in [-0.05, 0) is 73.4 Å². The summed E-state index contributed by atoms with van der Waals surface area (Å²) in [7, 11) is -4.02. The van der Waals surface area contributed by atoms with E-state index in [2.05, 4.69) is 14.9 Å². The molecule has 1 heterocycles. The third-order valence-electron chi connectivity index (χ3n) is 7.01. The largest absolute Gasteiger partial charge is 0.454 e. The van der Waals surface area contributed by atoms with Crippen molar-refractivity contribution >= 4 is 50.7 Å². The average molecular weight is 618 g/mol. The standard InChI is InChI=1S/C29H30Cl2N4O5S/c30-22-9-12-26(24(31)17-22)40-27-4-2-1-3-25(27)33-41(38,39)23-10-7-21(8-11-23)29(37)32-18-28(36)35-15-13-34(14-16-35)19-20-5-6-20/h1-4,7-12,17,20,33H,5-6,13-16,18-19H2,(H,32,37). The third-order valence-corrected chi connectivity index (χ3v) is 8.92. The van der Waals surface area contributed by atoms with Gasteiger partial charge in [0.05, 0.1) is 22.2 Å². The monoisotopic (exact) mass is 616 g/mol. The average Bonchev–Trinajstić information content (AvgIpc) is 3.78. The fourth-order valence-corrected chi connectivity index (χ4v) is 6.04. The minimum atomic E-state index is -4.02. The topological polar surface area (TPSA) is 108 Å². The summed E-state index contributed by atoms with van der Waals surface area (Å²) in [4.78, 5) is 29.4. The summed E-state index contributed by atoms with van der Waals surface area (Å²) in [6.45, 7) is 4.01. The number of nitrogens with zero attached hydrogens (tertiary/aromatic N) is 2. The van der Waals surface area contributed by atoms with E-state index < -0.39 is 15.9 Å². The van der Waals surface area contributed by atoms with Crippen LogP contribution in [0.25, 0.3) is 0 Å². The number of rotatable bonds is 10. The summed E-state index contributed by atoms with van der Waals surface area (Å²) in [5.74, 6) is 0.783. The van der Waals surface area contributed by atoms with Gasteiger partial charge in [0.1, 0.15) is 5.75 Å². The van der Waals surface area contributed by atoms with Gasteiger partial charge < -0.3 is 15.0 Å². The molecule has 0 atom stereocenters. The lowest BCUT2D eigenvalue weighted by Gasteiger charge is -2.34. The molecule has 2 aliphatic rings. The zero-order valence-corrected chi connectivity index (χ0v) is 24.5. The molecule has 12 heteroatoms. The van der Waals surface area contributed by atoms with Gasteiger partial charge in [0.25, 0.3) is 15.9 Å². The Balaban J connectivity index is 1.16. The summed E-state index contributed by atoms with van der Waals surface area (Å²) in [6.07, 6.45) is 2.61. The Morgan fingerprint density at radius 2 is 1.61 bits per heavy atom. The Labute approximate surface area is 249 Å². The first-order valence-electron chi connectivity index (χ1n) is 13.3. The third kappa shape index (κ3) is 7.71. The van der Waals surface area contributed by atoms with Gasteiger partial charge in [-0.3, -0.25) is 19.2 Å². The minimum Gasteiger partial charge on any atom is -0.454 e. The first-order chi connectivity index (χ1) is 19.7. The van der Waals surface area contributed by atoms with E-state index in [1.807, 2.05) is 0 Å². The second-order valence-corrected chi connectivity index (χ2v) is 12.6. The van der Waals surface area contributed by atoms with E-state index in [1.54, 1.807) is 41.3 Å². The number of ether oxygens (including phenoxy) is 1. The van der Waals surface area contributed by atoms with E-state index >= 15 is 0 Å². The number of amides is 2. The van der Waals surface area contributed by atoms with Crippen LogP contribution in [0.5, 0.6) is 11.5 Å². The molecule has 1 aliphatic heterocycles. The maximum absolute atomic E-state index is 13.1. The molecule has 0 unspecified atom stereocenters. The van der Waals surface area contributed by atoms with Crippen molar-refractivity contribution in [2.24, 2.45) is 5.92 Å². The van der Waals surface area contributed by atoms with E-state index in [0.29, 0.717) is 23.9 Å². The number of sulfonamides is 1. The molecule has 0 radical (unpaired) electrons. The van der Waals surface area contributed by atoms with Crippen LogP contribution in [0.1, 0.15) is 23.2 Å². The predicted molar refractivity (Wildman–Crippen MR) is 158 cm³/mol. The van der Waals surface area contributed by atoms with Crippen molar-refractivity contribution < 1.29 is 22.7 Å². The van der Waals surface area contributed by atoms with Gasteiger partial charge in [0, 0.05) is 43.3 Å². The first-order valence-corrected chi connectivity index (χ1v) is 15.5. The number of halogens is 2. The normalized spacial score (nSPS) is 15.8. The molecule has 1 saturated heterocycles. The van der Waals surface area contributed by atoms with Gasteiger partial charge >= 0.3 is 0 Å². The van der Waals surface area contributed by atoms with E-state index in [4.69, 9.17) is 27.9 Å². The lowest BCUT2D eigenvalue weighted by Crippen LogP contribution is -2.51. The number of nitrogens with one attached hydrogen (secondary N) is 2. The number of carbonyl (C=O) groups excluding carboxylic acids is 2. The lowest BCUT2D eigenvalue weighted by molar-refractivity contribution is -0.131. The van der Waals surface area contributed by atoms with Gasteiger partial charge in [-0.2, -0.15) is 0 Å². The number of carbonyl (C=O) groups is 2. The fourth-order valence-electron chi connectivity index (χ4n) is 4.52. The van der Waals surface area contributed by atoms with Gasteiger partial charge in [-0.15, -0.1) is 0 Å². The van der Waals surface area contributed by atoms with Crippen molar-refractivity contribution in [3.05, 3.63) is 82.3 Å². The minimum absolute atomic E-state index is 0.0477. The lowest BCUT2D eigenvalue weighted by atomic mass is 10.2. The Hall–Kier alpha value is -3.31. The summed E-state index contributed by atoms with van der Waals surface area (Å²) < 4.78 is 34.6. The highest BCUT2D eigenvalue weighted by molar-refractivity contribution is 7.92. The number of hydrogen-bond donors (Lipinski definition) is 2. The molecule has 2 fully saturated rings. The molecule has 0 bridgehead atoms. The van der Waals surface area contributed by atoms with Crippen LogP contribution in [0.2, 0.25) is 10.0 Å². The van der Waals surface area contributed by atoms with Crippen LogP contribution in [-0.2, 0) is 14.8 Å². The Kier molecular flexibility index (Phi) is 9.03. The molecular formula is C29H30Cl2N4O5S. The van der Waals surface area contributed by atoms with Crippen molar-refractivity contribution in [3.63, 3.8) is 0 Å². The quantitative estimate of drug-likeness (QED) is 0.336. The molecule has 2 N–H and O–H groups in total. The van der Waals surface area contributed by atoms with Crippen molar-refractivity contribution in [3.8, 4) is 11.5 Å². The van der Waals surface area contributed by atoms with E-state index in [0.717, 1.165) is 25.6 Å². The highest BCUT2D eigenvalue weighted by atomic mass is 35.5. The van der Waals surface area contributed by atoms with Crippen molar-refractivity contribution in [2.45, 2.75) is 17.7 Å². The molecular weight excluding hydrogens is 587 g/mol. The molecule has 0 aromatic heterocycles. The van der Waals surface area contributed by atoms with Crippen LogP contribution in [0.15, 0.2) is 71.6 Å². The fraction of sp³-hybridized carbons (Fsp3) is 0.310. The Bertz CT molecular complexity index is 1520. The summed E-state index contributed by atoms with van der Waals surface area (Å²) in [5.41, 5.74) is 0.444. The SMILES string of the molecule is O=C(NCC(=O)N1CCN(CC2CC2)CC1)c1ccc(S(=O)(=O)Nc2ccccc2Oc2ccc(Cl)cc2Cl)cc1. The van der Waals surface area contributed by atoms with Crippen LogP contribution in [0.4, 0.5) is 5.69 Å². The molecule has 5 rings (SSSR count). The first kappa shape index (κ1) is 29.2. The Morgan fingerprint density at radius 3 is 2.29 bits per heavy atom. The number of benzene rings is 3. The van der Waals surface area contributed by atoms with Crippen molar-refractivity contribution in [2.75, 3.05) is 44.0 Å². The van der Waals surface area contributed by atoms with Crippen molar-refractivity contribution in [1.82, 2.24) is 15.1 Å². The summed E-state index contributed by atoms with van der Waals surface area (Å²) >= 11 is 12.1. The zero-order chi connectivity index (χ0) is 29.0. The molecule has 2 amide bonds. The van der Waals surface area contributed by atoms with Gasteiger partial charge in [0.2, 0.25) is 5.91 Å². The van der Waals surface area contributed by atoms with Gasteiger partial charge in [-0.1, -0.05) is 35.3 Å². The van der Waals surface area contributed by atoms with Crippen LogP contribution in [-0.4, -0.2) is 69.3 Å². The number of para-hydroxylation sites is 2. The van der Waals surface area contributed by atoms with E-state index in [-0.39, 0.29) is 39.4 Å². The smallest absolute Gasteiger partial charge is 0.262 e. The molecule has 3 aromatic rings. The van der Waals surface area contributed by atoms with E-state index in [1.165, 1.54) is 43.2 Å². The summed E-state index contributed by atoms with van der Waals surface area (Å²) in [6, 6.07) is 16.7. The molecule has 3 aromatic carbocycles. The highest BCUT2D eigenvalue weighted by Gasteiger charge is 2.27. The van der Waals surface area contributed by atoms with Gasteiger partial charge in [0.15, 0.2) is 5.75 Å². The number of piperazine rings is 1. The molecule has 1 saturated carbocycles. The Morgan fingerprint density at radius 1 is 0.902 bits per heavy atom. The number of anilines is 1. The van der Waals surface area contributed by atoms with E-state index in [9.17, 15) is 18.0 Å². The molecule has 216 valence electrons. The maximum atomic E-state index is 13.1. The molecule has 41 heavy (non-hydrogen) atoms. The van der Waals surface area contributed by atoms with Crippen LogP contribution >= 0.6 is 23.2 Å². The molecule has 9 nitrogen and oxygen atoms in total. The van der Waals surface area contributed by atoms with Crippen LogP contribution in [0, 0.1) is 5.92 Å². The predicted octanol–water partition coefficient (Wildman–Crippen LogP) is 4.87. The number of hydrogen-bond acceptors (Lipinski definition) is 6. The van der Waals surface area contributed by atoms with Crippen molar-refractivity contribution in [1.29, 1.82) is 0 Å². The van der Waals surface area contributed by atoms with Crippen LogP contribution in [0.3, 0.4) is 0 Å². The summed E-state index contributed by atoms with van der Waals surface area (Å²) in [5, 5.41) is 3.36. The highest BCUT2D eigenvalue weighted by Crippen LogP contribution is 2.36. The molecule has 0 spiro atoms. The molecule has 1 aliphatic carbocycles. The zero-order valence-electron chi connectivity index (χ0n) is 22.2. The van der Waals surface area contributed by atoms with Crippen LogP contribution < -0.4 is 14.8 Å². The maximum Gasteiger partial charge on any atom is 0.262 e. The van der Waals surface area contributed by atoms with Gasteiger partial charge in [-0.25, -0.2) is 8.42 Å². The second kappa shape index (κ2) is 12.7.